The van der Waals surface area contributed by atoms with Gasteiger partial charge in [-0.2, -0.15) is 5.10 Å². The Morgan fingerprint density at radius 2 is 1.44 bits per heavy atom. The predicted molar refractivity (Wildman–Crippen MR) is 112 cm³/mol. The SMILES string of the molecule is CN1CCN(Cc2cc(-c3ccc(Cl)cc3)n(-c3ccc(Cl)cc3)n2)CC1. The van der Waals surface area contributed by atoms with E-state index in [1.165, 1.54) is 0 Å². The highest BCUT2D eigenvalue weighted by Crippen LogP contribution is 2.26. The Balaban J connectivity index is 1.68. The molecule has 1 aromatic heterocycles. The minimum Gasteiger partial charge on any atom is -0.304 e. The molecule has 2 heterocycles. The summed E-state index contributed by atoms with van der Waals surface area (Å²) >= 11 is 12.1. The normalized spacial score (nSPS) is 16.0. The number of likely N-dealkylation sites (N-methyl/N-ethyl adjacent to an activating group) is 1. The van der Waals surface area contributed by atoms with Crippen LogP contribution < -0.4 is 0 Å². The molecule has 0 aliphatic carbocycles. The number of piperazine rings is 1. The molecule has 1 fully saturated rings. The lowest BCUT2D eigenvalue weighted by atomic mass is 10.1. The molecular weight excluding hydrogens is 379 g/mol. The molecule has 0 bridgehead atoms. The van der Waals surface area contributed by atoms with Crippen LogP contribution >= 0.6 is 23.2 Å². The van der Waals surface area contributed by atoms with E-state index < -0.39 is 0 Å². The third-order valence-corrected chi connectivity index (χ3v) is 5.46. The summed E-state index contributed by atoms with van der Waals surface area (Å²) in [7, 11) is 2.17. The van der Waals surface area contributed by atoms with Gasteiger partial charge in [0.2, 0.25) is 0 Å². The smallest absolute Gasteiger partial charge is 0.0775 e. The molecule has 1 aliphatic heterocycles. The van der Waals surface area contributed by atoms with E-state index in [0.29, 0.717) is 0 Å². The zero-order chi connectivity index (χ0) is 18.8. The van der Waals surface area contributed by atoms with Crippen LogP contribution in [0.5, 0.6) is 0 Å². The highest BCUT2D eigenvalue weighted by molar-refractivity contribution is 6.30. The summed E-state index contributed by atoms with van der Waals surface area (Å²) in [5.74, 6) is 0. The van der Waals surface area contributed by atoms with Gasteiger partial charge < -0.3 is 4.90 Å². The Morgan fingerprint density at radius 3 is 2.07 bits per heavy atom. The Morgan fingerprint density at radius 1 is 0.852 bits per heavy atom. The van der Waals surface area contributed by atoms with Gasteiger partial charge in [-0.05, 0) is 49.5 Å². The van der Waals surface area contributed by atoms with E-state index in [9.17, 15) is 0 Å². The van der Waals surface area contributed by atoms with Gasteiger partial charge in [0.05, 0.1) is 17.1 Å². The third-order valence-electron chi connectivity index (χ3n) is 4.95. The fraction of sp³-hybridized carbons (Fsp3) is 0.286. The molecule has 0 radical (unpaired) electrons. The maximum absolute atomic E-state index is 6.07. The van der Waals surface area contributed by atoms with Crippen LogP contribution in [-0.4, -0.2) is 52.8 Å². The molecule has 6 heteroatoms. The van der Waals surface area contributed by atoms with Crippen LogP contribution in [0.4, 0.5) is 0 Å². The lowest BCUT2D eigenvalue weighted by Crippen LogP contribution is -2.43. The molecule has 27 heavy (non-hydrogen) atoms. The number of rotatable bonds is 4. The Labute approximate surface area is 169 Å². The Hall–Kier alpha value is -1.85. The summed E-state index contributed by atoms with van der Waals surface area (Å²) in [5, 5.41) is 6.36. The maximum Gasteiger partial charge on any atom is 0.0775 e. The van der Waals surface area contributed by atoms with E-state index in [2.05, 4.69) is 22.9 Å². The number of hydrogen-bond donors (Lipinski definition) is 0. The molecule has 1 saturated heterocycles. The first-order valence-electron chi connectivity index (χ1n) is 9.10. The third kappa shape index (κ3) is 4.36. The van der Waals surface area contributed by atoms with Crippen molar-refractivity contribution in [3.8, 4) is 16.9 Å². The molecule has 140 valence electrons. The van der Waals surface area contributed by atoms with Crippen molar-refractivity contribution in [2.75, 3.05) is 33.2 Å². The van der Waals surface area contributed by atoms with Crippen molar-refractivity contribution >= 4 is 23.2 Å². The molecule has 4 nitrogen and oxygen atoms in total. The second-order valence-corrected chi connectivity index (χ2v) is 7.87. The maximum atomic E-state index is 6.07. The van der Waals surface area contributed by atoms with Crippen molar-refractivity contribution in [1.29, 1.82) is 0 Å². The number of nitrogens with zero attached hydrogens (tertiary/aromatic N) is 4. The summed E-state index contributed by atoms with van der Waals surface area (Å²) in [6, 6.07) is 17.8. The van der Waals surface area contributed by atoms with E-state index >= 15 is 0 Å². The number of benzene rings is 2. The van der Waals surface area contributed by atoms with Crippen LogP contribution in [0.1, 0.15) is 5.69 Å². The van der Waals surface area contributed by atoms with Gasteiger partial charge in [-0.3, -0.25) is 4.90 Å². The summed E-state index contributed by atoms with van der Waals surface area (Å²) in [6.45, 7) is 5.19. The van der Waals surface area contributed by atoms with Crippen molar-refractivity contribution in [2.24, 2.45) is 0 Å². The Bertz CT molecular complexity index is 832. The van der Waals surface area contributed by atoms with Crippen molar-refractivity contribution < 1.29 is 0 Å². The van der Waals surface area contributed by atoms with Crippen LogP contribution in [0.25, 0.3) is 16.9 Å². The van der Waals surface area contributed by atoms with Gasteiger partial charge >= 0.3 is 0 Å². The van der Waals surface area contributed by atoms with Gasteiger partial charge in [-0.1, -0.05) is 35.3 Å². The van der Waals surface area contributed by atoms with E-state index in [4.69, 9.17) is 28.3 Å². The first kappa shape index (κ1) is 18.5. The predicted octanol–water partition coefficient (Wildman–Crippen LogP) is 4.59. The van der Waals surface area contributed by atoms with Crippen LogP contribution in [-0.2, 0) is 6.54 Å². The van der Waals surface area contributed by atoms with Crippen LogP contribution in [0.3, 0.4) is 0 Å². The molecule has 0 unspecified atom stereocenters. The topological polar surface area (TPSA) is 24.3 Å². The summed E-state index contributed by atoms with van der Waals surface area (Å²) < 4.78 is 1.99. The highest BCUT2D eigenvalue weighted by Gasteiger charge is 2.17. The first-order chi connectivity index (χ1) is 13.1. The van der Waals surface area contributed by atoms with Crippen molar-refractivity contribution in [1.82, 2.24) is 19.6 Å². The van der Waals surface area contributed by atoms with Crippen molar-refractivity contribution in [3.05, 3.63) is 70.3 Å². The van der Waals surface area contributed by atoms with E-state index in [1.807, 2.05) is 53.2 Å². The number of halogens is 2. The summed E-state index contributed by atoms with van der Waals surface area (Å²) in [5.41, 5.74) is 4.21. The fourth-order valence-corrected chi connectivity index (χ4v) is 3.60. The van der Waals surface area contributed by atoms with Gasteiger partial charge in [0.1, 0.15) is 0 Å². The second-order valence-electron chi connectivity index (χ2n) is 7.00. The van der Waals surface area contributed by atoms with Crippen molar-refractivity contribution in [3.63, 3.8) is 0 Å². The number of hydrogen-bond acceptors (Lipinski definition) is 3. The number of aromatic nitrogens is 2. The summed E-state index contributed by atoms with van der Waals surface area (Å²) in [4.78, 5) is 4.82. The van der Waals surface area contributed by atoms with E-state index in [1.54, 1.807) is 0 Å². The first-order valence-corrected chi connectivity index (χ1v) is 9.86. The van der Waals surface area contributed by atoms with Gasteiger partial charge in [-0.25, -0.2) is 4.68 Å². The molecule has 1 aliphatic rings. The molecule has 4 rings (SSSR count). The van der Waals surface area contributed by atoms with E-state index in [-0.39, 0.29) is 0 Å². The van der Waals surface area contributed by atoms with Crippen LogP contribution in [0, 0.1) is 0 Å². The monoisotopic (exact) mass is 400 g/mol. The quantitative estimate of drug-likeness (QED) is 0.639. The molecule has 0 amide bonds. The van der Waals surface area contributed by atoms with Crippen LogP contribution in [0.15, 0.2) is 54.6 Å². The standard InChI is InChI=1S/C21H22Cl2N4/c1-25-10-12-26(13-11-25)15-19-14-21(16-2-4-17(22)5-3-16)27(24-19)20-8-6-18(23)7-9-20/h2-9,14H,10-13,15H2,1H3. The minimum absolute atomic E-state index is 0.719. The zero-order valence-electron chi connectivity index (χ0n) is 15.3. The summed E-state index contributed by atoms with van der Waals surface area (Å²) in [6.07, 6.45) is 0. The second kappa shape index (κ2) is 8.03. The largest absolute Gasteiger partial charge is 0.304 e. The zero-order valence-corrected chi connectivity index (χ0v) is 16.8. The molecule has 0 saturated carbocycles. The highest BCUT2D eigenvalue weighted by atomic mass is 35.5. The molecule has 2 aromatic carbocycles. The van der Waals surface area contributed by atoms with Crippen molar-refractivity contribution in [2.45, 2.75) is 6.54 Å². The Kier molecular flexibility index (Phi) is 5.50. The molecule has 3 aromatic rings. The molecule has 0 spiro atoms. The van der Waals surface area contributed by atoms with Crippen LogP contribution in [0.2, 0.25) is 10.0 Å². The van der Waals surface area contributed by atoms with Gasteiger partial charge in [0.15, 0.2) is 0 Å². The average Bonchev–Trinajstić information content (AvgIpc) is 3.08. The van der Waals surface area contributed by atoms with E-state index in [0.717, 1.165) is 65.4 Å². The van der Waals surface area contributed by atoms with Gasteiger partial charge in [0.25, 0.3) is 0 Å². The van der Waals surface area contributed by atoms with Gasteiger partial charge in [-0.15, -0.1) is 0 Å². The molecule has 0 N–H and O–H groups in total. The van der Waals surface area contributed by atoms with Gasteiger partial charge in [0, 0.05) is 48.3 Å². The lowest BCUT2D eigenvalue weighted by molar-refractivity contribution is 0.147. The minimum atomic E-state index is 0.719. The molecule has 0 atom stereocenters. The molecular formula is C21H22Cl2N4. The average molecular weight is 401 g/mol. The fourth-order valence-electron chi connectivity index (χ4n) is 3.35. The lowest BCUT2D eigenvalue weighted by Gasteiger charge is -2.31.